The van der Waals surface area contributed by atoms with Crippen molar-refractivity contribution in [2.45, 2.75) is 26.5 Å². The van der Waals surface area contributed by atoms with Gasteiger partial charge in [0.05, 0.1) is 28.8 Å². The molecule has 7 heteroatoms. The molecule has 148 valence electrons. The summed E-state index contributed by atoms with van der Waals surface area (Å²) in [5, 5.41) is 2.06. The normalized spacial score (nSPS) is 12.2. The van der Waals surface area contributed by atoms with Crippen LogP contribution in [0.3, 0.4) is 0 Å². The lowest BCUT2D eigenvalue weighted by Crippen LogP contribution is -2.26. The quantitative estimate of drug-likeness (QED) is 0.451. The molecule has 0 saturated carbocycles. The summed E-state index contributed by atoms with van der Waals surface area (Å²) in [6.07, 6.45) is 0.976. The van der Waals surface area contributed by atoms with Gasteiger partial charge in [0, 0.05) is 11.6 Å². The van der Waals surface area contributed by atoms with E-state index in [-0.39, 0.29) is 5.56 Å². The Labute approximate surface area is 171 Å². The number of fused-ring (bicyclic) bond motifs is 2. The number of thiazole rings is 1. The van der Waals surface area contributed by atoms with Crippen LogP contribution < -0.4 is 10.3 Å². The number of benzene rings is 2. The molecule has 0 bridgehead atoms. The Kier molecular flexibility index (Phi) is 5.31. The van der Waals surface area contributed by atoms with Crippen LogP contribution in [0.2, 0.25) is 0 Å². The number of ether oxygens (including phenoxy) is 2. The molecule has 0 fully saturated rings. The minimum atomic E-state index is -0.759. The topological polar surface area (TPSA) is 70.4 Å². The van der Waals surface area contributed by atoms with Crippen molar-refractivity contribution in [3.63, 3.8) is 0 Å². The highest BCUT2D eigenvalue weighted by Gasteiger charge is 2.18. The van der Waals surface area contributed by atoms with E-state index in [2.05, 4.69) is 4.98 Å². The first-order valence-electron chi connectivity index (χ1n) is 9.36. The summed E-state index contributed by atoms with van der Waals surface area (Å²) in [6, 6.07) is 15.0. The van der Waals surface area contributed by atoms with E-state index in [0.717, 1.165) is 15.2 Å². The molecule has 4 aromatic rings. The summed E-state index contributed by atoms with van der Waals surface area (Å²) < 4.78 is 13.5. The minimum Gasteiger partial charge on any atom is -0.478 e. The first-order valence-corrected chi connectivity index (χ1v) is 10.2. The third-order valence-electron chi connectivity index (χ3n) is 4.54. The lowest BCUT2D eigenvalue weighted by molar-refractivity contribution is -0.150. The Morgan fingerprint density at radius 3 is 2.76 bits per heavy atom. The molecule has 29 heavy (non-hydrogen) atoms. The number of pyridine rings is 1. The summed E-state index contributed by atoms with van der Waals surface area (Å²) in [5.74, 6) is 0.0426. The van der Waals surface area contributed by atoms with Crippen molar-refractivity contribution < 1.29 is 14.3 Å². The Morgan fingerprint density at radius 1 is 1.14 bits per heavy atom. The molecule has 1 atom stereocenters. The highest BCUT2D eigenvalue weighted by Crippen LogP contribution is 2.25. The number of hydrogen-bond acceptors (Lipinski definition) is 6. The van der Waals surface area contributed by atoms with Gasteiger partial charge in [0.2, 0.25) is 0 Å². The smallest absolute Gasteiger partial charge is 0.347 e. The van der Waals surface area contributed by atoms with E-state index in [4.69, 9.17) is 9.47 Å². The molecule has 4 rings (SSSR count). The number of carbonyl (C=O) groups is 1. The van der Waals surface area contributed by atoms with Gasteiger partial charge in [-0.3, -0.25) is 4.79 Å². The summed E-state index contributed by atoms with van der Waals surface area (Å²) in [7, 11) is 0. The van der Waals surface area contributed by atoms with Gasteiger partial charge in [0.25, 0.3) is 5.56 Å². The van der Waals surface area contributed by atoms with Crippen LogP contribution in [0.1, 0.15) is 18.9 Å². The van der Waals surface area contributed by atoms with Gasteiger partial charge in [-0.25, -0.2) is 9.78 Å². The zero-order valence-corrected chi connectivity index (χ0v) is 16.9. The number of para-hydroxylation sites is 1. The van der Waals surface area contributed by atoms with Gasteiger partial charge >= 0.3 is 5.97 Å². The van der Waals surface area contributed by atoms with Gasteiger partial charge in [-0.1, -0.05) is 18.2 Å². The summed E-state index contributed by atoms with van der Waals surface area (Å²) >= 11 is 1.58. The zero-order chi connectivity index (χ0) is 20.4. The molecule has 2 aromatic heterocycles. The van der Waals surface area contributed by atoms with Gasteiger partial charge in [0.15, 0.2) is 6.10 Å². The molecule has 6 nitrogen and oxygen atoms in total. The number of hydrogen-bond donors (Lipinski definition) is 0. The van der Waals surface area contributed by atoms with E-state index in [0.29, 0.717) is 29.7 Å². The standard InChI is InChI=1S/C22H20N2O4S/c1-3-27-22(26)14(2)28-18-9-6-7-16-15(18)11-12-24(21(16)25)13-20-23-17-8-4-5-10-19(17)29-20/h4-12,14H,3,13H2,1-2H3. The van der Waals surface area contributed by atoms with E-state index >= 15 is 0 Å². The number of carbonyl (C=O) groups excluding carboxylic acids is 1. The Hall–Kier alpha value is -3.19. The predicted molar refractivity (Wildman–Crippen MR) is 114 cm³/mol. The third-order valence-corrected chi connectivity index (χ3v) is 5.57. The van der Waals surface area contributed by atoms with Gasteiger partial charge < -0.3 is 14.0 Å². The van der Waals surface area contributed by atoms with Crippen LogP contribution in [0.4, 0.5) is 0 Å². The lowest BCUT2D eigenvalue weighted by Gasteiger charge is -2.15. The molecule has 2 aromatic carbocycles. The fraction of sp³-hybridized carbons (Fsp3) is 0.227. The van der Waals surface area contributed by atoms with Crippen LogP contribution in [0.25, 0.3) is 21.0 Å². The van der Waals surface area contributed by atoms with Crippen LogP contribution in [0, 0.1) is 0 Å². The van der Waals surface area contributed by atoms with Crippen molar-refractivity contribution in [1.29, 1.82) is 0 Å². The molecule has 0 radical (unpaired) electrons. The third kappa shape index (κ3) is 3.86. The van der Waals surface area contributed by atoms with Gasteiger partial charge in [0.1, 0.15) is 10.8 Å². The Balaban J connectivity index is 1.65. The number of rotatable bonds is 6. The highest BCUT2D eigenvalue weighted by molar-refractivity contribution is 7.18. The summed E-state index contributed by atoms with van der Waals surface area (Å²) in [6.45, 7) is 4.07. The van der Waals surface area contributed by atoms with Crippen molar-refractivity contribution in [1.82, 2.24) is 9.55 Å². The van der Waals surface area contributed by atoms with Crippen LogP contribution >= 0.6 is 11.3 Å². The maximum absolute atomic E-state index is 13.0. The molecular weight excluding hydrogens is 388 g/mol. The molecule has 0 amide bonds. The first kappa shape index (κ1) is 19.1. The highest BCUT2D eigenvalue weighted by atomic mass is 32.1. The maximum atomic E-state index is 13.0. The molecular formula is C22H20N2O4S. The first-order chi connectivity index (χ1) is 14.1. The minimum absolute atomic E-state index is 0.129. The van der Waals surface area contributed by atoms with Crippen molar-refractivity contribution in [2.75, 3.05) is 6.61 Å². The Morgan fingerprint density at radius 2 is 1.97 bits per heavy atom. The van der Waals surface area contributed by atoms with Crippen molar-refractivity contribution >= 4 is 38.3 Å². The average molecular weight is 408 g/mol. The average Bonchev–Trinajstić information content (AvgIpc) is 3.13. The molecule has 1 unspecified atom stereocenters. The maximum Gasteiger partial charge on any atom is 0.347 e. The second kappa shape index (κ2) is 8.05. The molecule has 0 aliphatic heterocycles. The molecule has 0 N–H and O–H groups in total. The predicted octanol–water partition coefficient (Wildman–Crippen LogP) is 3.99. The van der Waals surface area contributed by atoms with E-state index in [1.165, 1.54) is 0 Å². The van der Waals surface area contributed by atoms with Gasteiger partial charge in [-0.15, -0.1) is 11.3 Å². The van der Waals surface area contributed by atoms with Crippen molar-refractivity contribution in [2.24, 2.45) is 0 Å². The summed E-state index contributed by atoms with van der Waals surface area (Å²) in [5.41, 5.74) is 0.806. The monoisotopic (exact) mass is 408 g/mol. The number of nitrogens with zero attached hydrogens (tertiary/aromatic N) is 2. The van der Waals surface area contributed by atoms with E-state index in [9.17, 15) is 9.59 Å². The molecule has 0 saturated heterocycles. The lowest BCUT2D eigenvalue weighted by atomic mass is 10.1. The number of esters is 1. The summed E-state index contributed by atoms with van der Waals surface area (Å²) in [4.78, 5) is 29.5. The fourth-order valence-electron chi connectivity index (χ4n) is 3.15. The van der Waals surface area contributed by atoms with Gasteiger partial charge in [-0.2, -0.15) is 0 Å². The van der Waals surface area contributed by atoms with Crippen LogP contribution in [-0.4, -0.2) is 28.2 Å². The van der Waals surface area contributed by atoms with Crippen LogP contribution in [0.15, 0.2) is 59.5 Å². The van der Waals surface area contributed by atoms with Crippen molar-refractivity contribution in [3.8, 4) is 5.75 Å². The molecule has 0 aliphatic carbocycles. The van der Waals surface area contributed by atoms with Crippen molar-refractivity contribution in [3.05, 3.63) is 70.1 Å². The molecule has 0 spiro atoms. The zero-order valence-electron chi connectivity index (χ0n) is 16.1. The number of aromatic nitrogens is 2. The largest absolute Gasteiger partial charge is 0.478 e. The van der Waals surface area contributed by atoms with Gasteiger partial charge in [-0.05, 0) is 44.2 Å². The second-order valence-corrected chi connectivity index (χ2v) is 7.67. The molecule has 2 heterocycles. The second-order valence-electron chi connectivity index (χ2n) is 6.55. The Bertz CT molecular complexity index is 1210. The molecule has 0 aliphatic rings. The van der Waals surface area contributed by atoms with Crippen LogP contribution in [0.5, 0.6) is 5.75 Å². The van der Waals surface area contributed by atoms with E-state index < -0.39 is 12.1 Å². The van der Waals surface area contributed by atoms with E-state index in [1.807, 2.05) is 30.3 Å². The van der Waals surface area contributed by atoms with Crippen LogP contribution in [-0.2, 0) is 16.1 Å². The SMILES string of the molecule is CCOC(=O)C(C)Oc1cccc2c(=O)n(Cc3nc4ccccc4s3)ccc12. The fourth-order valence-corrected chi connectivity index (χ4v) is 4.11. The van der Waals surface area contributed by atoms with E-state index in [1.54, 1.807) is 54.1 Å².